The molecule has 1 N–H and O–H groups in total. The molecule has 0 aromatic carbocycles. The molecule has 7 heteroatoms. The monoisotopic (exact) mass is 306 g/mol. The third-order valence-corrected chi connectivity index (χ3v) is 6.07. The number of carboxylic acid groups (broad SMARTS) is 1. The maximum atomic E-state index is 12.8. The van der Waals surface area contributed by atoms with E-state index in [0.717, 1.165) is 12.8 Å². The van der Waals surface area contributed by atoms with Crippen LogP contribution in [0.25, 0.3) is 0 Å². The number of carboxylic acids is 1. The van der Waals surface area contributed by atoms with Crippen LogP contribution in [0.5, 0.6) is 0 Å². The van der Waals surface area contributed by atoms with Crippen molar-refractivity contribution in [2.75, 3.05) is 19.6 Å². The summed E-state index contributed by atoms with van der Waals surface area (Å²) in [6, 6.07) is 0. The molecule has 1 aliphatic rings. The molecule has 0 amide bonds. The topological polar surface area (TPSA) is 77.9 Å². The van der Waals surface area contributed by atoms with Gasteiger partial charge in [0.2, 0.25) is 0 Å². The highest BCUT2D eigenvalue weighted by atomic mass is 32.2. The van der Waals surface area contributed by atoms with Crippen LogP contribution in [0.4, 0.5) is 0 Å². The summed E-state index contributed by atoms with van der Waals surface area (Å²) in [5, 5.41) is 9.51. The van der Waals surface area contributed by atoms with Gasteiger partial charge >= 0.3 is 5.97 Å². The van der Waals surface area contributed by atoms with Crippen molar-refractivity contribution in [3.8, 4) is 0 Å². The smallest absolute Gasteiger partial charge is 0.325 e. The fourth-order valence-corrected chi connectivity index (χ4v) is 5.09. The maximum absolute atomic E-state index is 12.8. The highest BCUT2D eigenvalue weighted by Gasteiger charge is 2.52. The summed E-state index contributed by atoms with van der Waals surface area (Å²) in [4.78, 5) is 11.6. The van der Waals surface area contributed by atoms with Crippen molar-refractivity contribution >= 4 is 16.2 Å². The van der Waals surface area contributed by atoms with Gasteiger partial charge in [0.25, 0.3) is 10.2 Å². The standard InChI is InChI=1S/C13H26N2O4S/c1-4-9-14(10-5-2)20(18,19)15-11-7-8-13(15,6-3)12(16)17/h4-11H2,1-3H3,(H,16,17). The SMILES string of the molecule is CCCN(CCC)S(=O)(=O)N1CCCC1(CC)C(=O)O. The van der Waals surface area contributed by atoms with Crippen LogP contribution >= 0.6 is 0 Å². The van der Waals surface area contributed by atoms with E-state index in [4.69, 9.17) is 0 Å². The Hall–Kier alpha value is -0.660. The Balaban J connectivity index is 3.14. The minimum Gasteiger partial charge on any atom is -0.480 e. The largest absolute Gasteiger partial charge is 0.480 e. The molecule has 6 nitrogen and oxygen atoms in total. The predicted molar refractivity (Wildman–Crippen MR) is 77.7 cm³/mol. The van der Waals surface area contributed by atoms with E-state index < -0.39 is 21.7 Å². The van der Waals surface area contributed by atoms with Crippen LogP contribution in [0.3, 0.4) is 0 Å². The zero-order valence-electron chi connectivity index (χ0n) is 12.6. The Morgan fingerprint density at radius 3 is 2.20 bits per heavy atom. The molecule has 0 spiro atoms. The summed E-state index contributed by atoms with van der Waals surface area (Å²) < 4.78 is 28.2. The molecule has 1 rings (SSSR count). The van der Waals surface area contributed by atoms with E-state index in [9.17, 15) is 18.3 Å². The molecule has 1 aliphatic heterocycles. The van der Waals surface area contributed by atoms with Crippen molar-refractivity contribution in [1.29, 1.82) is 0 Å². The molecule has 0 aromatic rings. The summed E-state index contributed by atoms with van der Waals surface area (Å²) in [7, 11) is -3.70. The normalized spacial score (nSPS) is 24.4. The van der Waals surface area contributed by atoms with Gasteiger partial charge in [0.05, 0.1) is 0 Å². The Morgan fingerprint density at radius 2 is 1.80 bits per heavy atom. The lowest BCUT2D eigenvalue weighted by atomic mass is 9.95. The molecule has 1 fully saturated rings. The van der Waals surface area contributed by atoms with Gasteiger partial charge in [0.15, 0.2) is 0 Å². The van der Waals surface area contributed by atoms with Crippen molar-refractivity contribution in [2.24, 2.45) is 0 Å². The minimum atomic E-state index is -3.70. The molecule has 0 aliphatic carbocycles. The van der Waals surface area contributed by atoms with E-state index in [2.05, 4.69) is 0 Å². The lowest BCUT2D eigenvalue weighted by Gasteiger charge is -2.36. The van der Waals surface area contributed by atoms with Crippen LogP contribution in [-0.2, 0) is 15.0 Å². The number of nitrogens with zero attached hydrogens (tertiary/aromatic N) is 2. The van der Waals surface area contributed by atoms with Gasteiger partial charge in [0.1, 0.15) is 5.54 Å². The highest BCUT2D eigenvalue weighted by Crippen LogP contribution is 2.36. The van der Waals surface area contributed by atoms with Gasteiger partial charge in [-0.2, -0.15) is 17.0 Å². The van der Waals surface area contributed by atoms with E-state index >= 15 is 0 Å². The molecule has 1 saturated heterocycles. The fraction of sp³-hybridized carbons (Fsp3) is 0.923. The van der Waals surface area contributed by atoms with Gasteiger partial charge in [-0.05, 0) is 32.1 Å². The molecular weight excluding hydrogens is 280 g/mol. The predicted octanol–water partition coefficient (Wildman–Crippen LogP) is 1.68. The first-order valence-corrected chi connectivity index (χ1v) is 8.77. The molecule has 0 saturated carbocycles. The van der Waals surface area contributed by atoms with Crippen LogP contribution in [0.15, 0.2) is 0 Å². The summed E-state index contributed by atoms with van der Waals surface area (Å²) in [5.41, 5.74) is -1.27. The van der Waals surface area contributed by atoms with E-state index in [1.807, 2.05) is 13.8 Å². The third-order valence-electron chi connectivity index (χ3n) is 3.96. The lowest BCUT2D eigenvalue weighted by molar-refractivity contribution is -0.147. The second-order valence-corrected chi connectivity index (χ2v) is 7.13. The van der Waals surface area contributed by atoms with E-state index in [1.54, 1.807) is 6.92 Å². The van der Waals surface area contributed by atoms with Crippen LogP contribution < -0.4 is 0 Å². The van der Waals surface area contributed by atoms with Gasteiger partial charge in [0, 0.05) is 19.6 Å². The van der Waals surface area contributed by atoms with E-state index in [-0.39, 0.29) is 0 Å². The first-order chi connectivity index (χ1) is 9.36. The molecule has 1 unspecified atom stereocenters. The van der Waals surface area contributed by atoms with Crippen LogP contribution in [0.2, 0.25) is 0 Å². The van der Waals surface area contributed by atoms with Crippen LogP contribution in [0.1, 0.15) is 52.9 Å². The van der Waals surface area contributed by atoms with Crippen molar-refractivity contribution in [1.82, 2.24) is 8.61 Å². The Morgan fingerprint density at radius 1 is 1.25 bits per heavy atom. The average molecular weight is 306 g/mol. The molecule has 118 valence electrons. The molecular formula is C13H26N2O4S. The average Bonchev–Trinajstić information content (AvgIpc) is 2.84. The van der Waals surface area contributed by atoms with Gasteiger partial charge in [-0.25, -0.2) is 0 Å². The van der Waals surface area contributed by atoms with Crippen molar-refractivity contribution in [2.45, 2.75) is 58.4 Å². The molecule has 0 aromatic heterocycles. The number of aliphatic carboxylic acids is 1. The summed E-state index contributed by atoms with van der Waals surface area (Å²) >= 11 is 0. The number of hydrogen-bond donors (Lipinski definition) is 1. The summed E-state index contributed by atoms with van der Waals surface area (Å²) in [6.07, 6.45) is 2.74. The first-order valence-electron chi connectivity index (χ1n) is 7.38. The highest BCUT2D eigenvalue weighted by molar-refractivity contribution is 7.86. The molecule has 0 bridgehead atoms. The van der Waals surface area contributed by atoms with Gasteiger partial charge in [-0.15, -0.1) is 0 Å². The van der Waals surface area contributed by atoms with Gasteiger partial charge in [-0.3, -0.25) is 4.79 Å². The number of hydrogen-bond acceptors (Lipinski definition) is 3. The second-order valence-electron chi connectivity index (χ2n) is 5.27. The van der Waals surface area contributed by atoms with Gasteiger partial charge < -0.3 is 5.11 Å². The Bertz CT molecular complexity index is 432. The third kappa shape index (κ3) is 2.99. The lowest BCUT2D eigenvalue weighted by Crippen LogP contribution is -2.56. The van der Waals surface area contributed by atoms with E-state index in [1.165, 1.54) is 8.61 Å². The van der Waals surface area contributed by atoms with Crippen molar-refractivity contribution in [3.63, 3.8) is 0 Å². The van der Waals surface area contributed by atoms with Crippen molar-refractivity contribution in [3.05, 3.63) is 0 Å². The zero-order chi connectivity index (χ0) is 15.4. The summed E-state index contributed by atoms with van der Waals surface area (Å²) in [5.74, 6) is -1.03. The van der Waals surface area contributed by atoms with Crippen LogP contribution in [-0.4, -0.2) is 53.3 Å². The molecule has 0 radical (unpaired) electrons. The maximum Gasteiger partial charge on any atom is 0.325 e. The molecule has 1 atom stereocenters. The Kier molecular flexibility index (Phi) is 5.97. The minimum absolute atomic E-state index is 0.298. The van der Waals surface area contributed by atoms with Crippen LogP contribution in [0, 0.1) is 0 Å². The number of rotatable bonds is 8. The number of carbonyl (C=O) groups is 1. The molecule has 20 heavy (non-hydrogen) atoms. The molecule has 1 heterocycles. The Labute approximate surface area is 121 Å². The fourth-order valence-electron chi connectivity index (χ4n) is 2.89. The first kappa shape index (κ1) is 17.4. The van der Waals surface area contributed by atoms with E-state index in [0.29, 0.717) is 38.9 Å². The van der Waals surface area contributed by atoms with Gasteiger partial charge in [-0.1, -0.05) is 20.8 Å². The second kappa shape index (κ2) is 6.87. The zero-order valence-corrected chi connectivity index (χ0v) is 13.4. The quantitative estimate of drug-likeness (QED) is 0.740. The summed E-state index contributed by atoms with van der Waals surface area (Å²) in [6.45, 7) is 6.76. The van der Waals surface area contributed by atoms with Crippen molar-refractivity contribution < 1.29 is 18.3 Å².